The summed E-state index contributed by atoms with van der Waals surface area (Å²) in [6.07, 6.45) is -3.33. The Bertz CT molecular complexity index is 651. The number of thiazole rings is 1. The molecule has 0 radical (unpaired) electrons. The van der Waals surface area contributed by atoms with Crippen molar-refractivity contribution in [3.8, 4) is 0 Å². The molecule has 0 bridgehead atoms. The number of halogens is 4. The second-order valence-corrected chi connectivity index (χ2v) is 5.16. The highest BCUT2D eigenvalue weighted by molar-refractivity contribution is 7.15. The van der Waals surface area contributed by atoms with E-state index in [0.29, 0.717) is 12.1 Å². The number of amides is 1. The monoisotopic (exact) mass is 304 g/mol. The average molecular weight is 304 g/mol. The zero-order valence-electron chi connectivity index (χ0n) is 10.1. The molecule has 0 aliphatic carbocycles. The summed E-state index contributed by atoms with van der Waals surface area (Å²) in [7, 11) is 0. The van der Waals surface area contributed by atoms with Gasteiger partial charge in [0.1, 0.15) is 5.82 Å². The number of hydrogen-bond donors (Lipinski definition) is 1. The lowest BCUT2D eigenvalue weighted by atomic mass is 10.1. The smallest absolute Gasteiger partial charge is 0.298 e. The van der Waals surface area contributed by atoms with Crippen LogP contribution in [0.1, 0.15) is 20.8 Å². The first kappa shape index (κ1) is 14.4. The van der Waals surface area contributed by atoms with Crippen LogP contribution in [-0.2, 0) is 6.18 Å². The lowest BCUT2D eigenvalue weighted by Crippen LogP contribution is -2.15. The Kier molecular flexibility index (Phi) is 3.76. The predicted molar refractivity (Wildman–Crippen MR) is 66.2 cm³/mol. The van der Waals surface area contributed by atoms with Crippen molar-refractivity contribution in [3.63, 3.8) is 0 Å². The van der Waals surface area contributed by atoms with Crippen molar-refractivity contribution >= 4 is 22.4 Å². The topological polar surface area (TPSA) is 42.0 Å². The van der Waals surface area contributed by atoms with Gasteiger partial charge in [0.15, 0.2) is 5.13 Å². The fraction of sp³-hybridized carbons (Fsp3) is 0.167. The predicted octanol–water partition coefficient (Wildman–Crippen LogP) is 3.86. The molecule has 0 atom stereocenters. The Balaban J connectivity index is 2.27. The van der Waals surface area contributed by atoms with Crippen molar-refractivity contribution in [2.45, 2.75) is 13.1 Å². The van der Waals surface area contributed by atoms with Gasteiger partial charge >= 0.3 is 6.18 Å². The quantitative estimate of drug-likeness (QED) is 0.856. The van der Waals surface area contributed by atoms with E-state index in [1.54, 1.807) is 6.92 Å². The summed E-state index contributed by atoms with van der Waals surface area (Å²) in [5.41, 5.74) is -1.76. The summed E-state index contributed by atoms with van der Waals surface area (Å²) in [5.74, 6) is -2.19. The average Bonchev–Trinajstić information content (AvgIpc) is 2.73. The Hall–Kier alpha value is -1.96. The SMILES string of the molecule is Cc1cnc(NC(=O)c2ccc(F)c(C(F)(F)F)c2)s1. The number of rotatable bonds is 2. The maximum Gasteiger partial charge on any atom is 0.419 e. The Morgan fingerprint density at radius 2 is 2.05 bits per heavy atom. The van der Waals surface area contributed by atoms with Crippen LogP contribution in [0.3, 0.4) is 0 Å². The molecule has 0 aliphatic heterocycles. The first-order valence-corrected chi connectivity index (χ1v) is 6.19. The fourth-order valence-electron chi connectivity index (χ4n) is 1.47. The van der Waals surface area contributed by atoms with Crippen LogP contribution in [0, 0.1) is 12.7 Å². The van der Waals surface area contributed by atoms with Gasteiger partial charge in [-0.1, -0.05) is 0 Å². The van der Waals surface area contributed by atoms with Crippen LogP contribution in [0.2, 0.25) is 0 Å². The number of alkyl halides is 3. The van der Waals surface area contributed by atoms with Crippen LogP contribution in [0.4, 0.5) is 22.7 Å². The van der Waals surface area contributed by atoms with Crippen molar-refractivity contribution in [3.05, 3.63) is 46.2 Å². The number of carbonyl (C=O) groups excluding carboxylic acids is 1. The molecule has 2 rings (SSSR count). The van der Waals surface area contributed by atoms with E-state index >= 15 is 0 Å². The summed E-state index contributed by atoms with van der Waals surface area (Å²) < 4.78 is 50.7. The number of aromatic nitrogens is 1. The summed E-state index contributed by atoms with van der Waals surface area (Å²) in [5, 5.41) is 2.62. The van der Waals surface area contributed by atoms with Gasteiger partial charge in [-0.25, -0.2) is 9.37 Å². The molecule has 0 unspecified atom stereocenters. The Morgan fingerprint density at radius 3 is 2.60 bits per heavy atom. The molecular weight excluding hydrogens is 296 g/mol. The number of anilines is 1. The van der Waals surface area contributed by atoms with Crippen LogP contribution in [-0.4, -0.2) is 10.9 Å². The molecule has 0 saturated heterocycles. The van der Waals surface area contributed by atoms with E-state index in [9.17, 15) is 22.4 Å². The van der Waals surface area contributed by atoms with Crippen molar-refractivity contribution < 1.29 is 22.4 Å². The molecule has 106 valence electrons. The molecule has 3 nitrogen and oxygen atoms in total. The maximum absolute atomic E-state index is 13.1. The van der Waals surface area contributed by atoms with Gasteiger partial charge in [0.05, 0.1) is 5.56 Å². The van der Waals surface area contributed by atoms with Crippen LogP contribution in [0.25, 0.3) is 0 Å². The molecule has 1 heterocycles. The highest BCUT2D eigenvalue weighted by Gasteiger charge is 2.34. The third-order valence-corrected chi connectivity index (χ3v) is 3.20. The van der Waals surface area contributed by atoms with Crippen molar-refractivity contribution in [2.24, 2.45) is 0 Å². The largest absolute Gasteiger partial charge is 0.419 e. The molecule has 8 heteroatoms. The van der Waals surface area contributed by atoms with Gasteiger partial charge in [0.2, 0.25) is 0 Å². The minimum atomic E-state index is -4.85. The zero-order chi connectivity index (χ0) is 14.9. The molecule has 2 aromatic rings. The standard InChI is InChI=1S/C12H8F4N2OS/c1-6-5-17-11(20-6)18-10(19)7-2-3-9(13)8(4-7)12(14,15)16/h2-5H,1H3,(H,17,18,19). The highest BCUT2D eigenvalue weighted by Crippen LogP contribution is 2.32. The Morgan fingerprint density at radius 1 is 1.35 bits per heavy atom. The number of benzene rings is 1. The maximum atomic E-state index is 13.1. The van der Waals surface area contributed by atoms with Gasteiger partial charge in [-0.2, -0.15) is 13.2 Å². The molecule has 0 spiro atoms. The molecule has 1 aromatic carbocycles. The molecular formula is C12H8F4N2OS. The zero-order valence-corrected chi connectivity index (χ0v) is 10.9. The van der Waals surface area contributed by atoms with Crippen LogP contribution in [0.15, 0.2) is 24.4 Å². The van der Waals surface area contributed by atoms with E-state index in [4.69, 9.17) is 0 Å². The van der Waals surface area contributed by atoms with E-state index in [0.717, 1.165) is 10.9 Å². The number of carbonyl (C=O) groups is 1. The molecule has 0 fully saturated rings. The van der Waals surface area contributed by atoms with Crippen molar-refractivity contribution in [1.29, 1.82) is 0 Å². The van der Waals surface area contributed by atoms with Gasteiger partial charge in [0.25, 0.3) is 5.91 Å². The summed E-state index contributed by atoms with van der Waals surface area (Å²) >= 11 is 1.18. The van der Waals surface area contributed by atoms with E-state index < -0.39 is 23.5 Å². The van der Waals surface area contributed by atoms with Gasteiger partial charge in [-0.15, -0.1) is 11.3 Å². The molecule has 1 amide bonds. The van der Waals surface area contributed by atoms with Gasteiger partial charge in [-0.3, -0.25) is 10.1 Å². The Labute approximate surface area is 115 Å². The van der Waals surface area contributed by atoms with Crippen molar-refractivity contribution in [1.82, 2.24) is 4.98 Å². The highest BCUT2D eigenvalue weighted by atomic mass is 32.1. The summed E-state index contributed by atoms with van der Waals surface area (Å²) in [6.45, 7) is 1.77. The second kappa shape index (κ2) is 5.20. The molecule has 1 N–H and O–H groups in total. The normalized spacial score (nSPS) is 11.4. The molecule has 20 heavy (non-hydrogen) atoms. The molecule has 0 aliphatic rings. The third kappa shape index (κ3) is 3.13. The van der Waals surface area contributed by atoms with Crippen LogP contribution in [0.5, 0.6) is 0 Å². The van der Waals surface area contributed by atoms with Crippen molar-refractivity contribution in [2.75, 3.05) is 5.32 Å². The van der Waals surface area contributed by atoms with Crippen LogP contribution >= 0.6 is 11.3 Å². The van der Waals surface area contributed by atoms with E-state index in [1.165, 1.54) is 17.5 Å². The van der Waals surface area contributed by atoms with E-state index in [1.807, 2.05) is 0 Å². The molecule has 0 saturated carbocycles. The lowest BCUT2D eigenvalue weighted by molar-refractivity contribution is -0.140. The number of aryl methyl sites for hydroxylation is 1. The van der Waals surface area contributed by atoms with Crippen LogP contribution < -0.4 is 5.32 Å². The van der Waals surface area contributed by atoms with Gasteiger partial charge in [-0.05, 0) is 25.1 Å². The minimum Gasteiger partial charge on any atom is -0.298 e. The first-order chi connectivity index (χ1) is 9.27. The number of nitrogens with one attached hydrogen (secondary N) is 1. The molecule has 1 aromatic heterocycles. The lowest BCUT2D eigenvalue weighted by Gasteiger charge is -2.09. The summed E-state index contributed by atoms with van der Waals surface area (Å²) in [6, 6.07) is 2.08. The number of nitrogens with zero attached hydrogens (tertiary/aromatic N) is 1. The third-order valence-electron chi connectivity index (χ3n) is 2.38. The van der Waals surface area contributed by atoms with E-state index in [2.05, 4.69) is 10.3 Å². The van der Waals surface area contributed by atoms with Gasteiger partial charge in [0, 0.05) is 16.6 Å². The first-order valence-electron chi connectivity index (χ1n) is 5.38. The van der Waals surface area contributed by atoms with Gasteiger partial charge < -0.3 is 0 Å². The summed E-state index contributed by atoms with van der Waals surface area (Å²) in [4.78, 5) is 16.5. The second-order valence-electron chi connectivity index (χ2n) is 3.92. The van der Waals surface area contributed by atoms with E-state index in [-0.39, 0.29) is 10.7 Å². The minimum absolute atomic E-state index is 0.269. The number of hydrogen-bond acceptors (Lipinski definition) is 3. The fourth-order valence-corrected chi connectivity index (χ4v) is 2.13.